The minimum absolute atomic E-state index is 0.313. The highest BCUT2D eigenvalue weighted by atomic mass is 35.5. The van der Waals surface area contributed by atoms with E-state index in [1.165, 1.54) is 6.07 Å². The monoisotopic (exact) mass is 359 g/mol. The van der Waals surface area contributed by atoms with Gasteiger partial charge in [-0.2, -0.15) is 0 Å². The van der Waals surface area contributed by atoms with E-state index < -0.39 is 11.8 Å². The second-order valence-electron chi connectivity index (χ2n) is 5.14. The fourth-order valence-corrected chi connectivity index (χ4v) is 2.52. The first-order valence-corrected chi connectivity index (χ1v) is 8.16. The molecule has 126 valence electrons. The van der Waals surface area contributed by atoms with Crippen LogP contribution in [0.25, 0.3) is 0 Å². The summed E-state index contributed by atoms with van der Waals surface area (Å²) in [6.07, 6.45) is 0.775. The molecule has 1 heterocycles. The van der Waals surface area contributed by atoms with Gasteiger partial charge in [-0.15, -0.1) is 0 Å². The number of morpholine rings is 1. The summed E-state index contributed by atoms with van der Waals surface area (Å²) >= 11 is 11.8. The van der Waals surface area contributed by atoms with E-state index in [0.29, 0.717) is 22.3 Å². The summed E-state index contributed by atoms with van der Waals surface area (Å²) in [5.74, 6) is -1.46. The first-order valence-electron chi connectivity index (χ1n) is 7.40. The van der Waals surface area contributed by atoms with Crippen LogP contribution in [-0.4, -0.2) is 56.1 Å². The van der Waals surface area contributed by atoms with Gasteiger partial charge in [-0.05, 0) is 31.2 Å². The number of carbonyl (C=O) groups excluding carboxylic acids is 2. The summed E-state index contributed by atoms with van der Waals surface area (Å²) in [5, 5.41) is 5.79. The second-order valence-corrected chi connectivity index (χ2v) is 5.99. The largest absolute Gasteiger partial charge is 0.379 e. The molecule has 0 radical (unpaired) electrons. The molecule has 0 unspecified atom stereocenters. The van der Waals surface area contributed by atoms with E-state index in [-0.39, 0.29) is 0 Å². The first kappa shape index (κ1) is 18.0. The van der Waals surface area contributed by atoms with Crippen molar-refractivity contribution >= 4 is 40.7 Å². The van der Waals surface area contributed by atoms with E-state index in [1.807, 2.05) is 0 Å². The number of ether oxygens (including phenoxy) is 1. The van der Waals surface area contributed by atoms with Crippen molar-refractivity contribution in [1.29, 1.82) is 0 Å². The van der Waals surface area contributed by atoms with Crippen LogP contribution in [0.2, 0.25) is 10.0 Å². The van der Waals surface area contributed by atoms with E-state index in [4.69, 9.17) is 27.9 Å². The van der Waals surface area contributed by atoms with Gasteiger partial charge in [0, 0.05) is 24.7 Å². The zero-order valence-corrected chi connectivity index (χ0v) is 14.1. The fraction of sp³-hybridized carbons (Fsp3) is 0.467. The van der Waals surface area contributed by atoms with Gasteiger partial charge in [0.15, 0.2) is 0 Å². The Bertz CT molecular complexity index is 563. The van der Waals surface area contributed by atoms with Gasteiger partial charge in [-0.3, -0.25) is 14.5 Å². The molecule has 2 amide bonds. The molecule has 1 aliphatic heterocycles. The Morgan fingerprint density at radius 1 is 1.17 bits per heavy atom. The van der Waals surface area contributed by atoms with E-state index in [9.17, 15) is 9.59 Å². The maximum Gasteiger partial charge on any atom is 0.313 e. The number of rotatable bonds is 5. The highest BCUT2D eigenvalue weighted by Crippen LogP contribution is 2.25. The van der Waals surface area contributed by atoms with Gasteiger partial charge in [0.05, 0.1) is 23.9 Å². The summed E-state index contributed by atoms with van der Waals surface area (Å²) in [6.45, 7) is 4.60. The zero-order valence-electron chi connectivity index (χ0n) is 12.6. The lowest BCUT2D eigenvalue weighted by atomic mass is 10.3. The Morgan fingerprint density at radius 3 is 2.65 bits per heavy atom. The Kier molecular flexibility index (Phi) is 7.11. The smallest absolute Gasteiger partial charge is 0.313 e. The molecule has 0 atom stereocenters. The molecule has 0 aromatic heterocycles. The van der Waals surface area contributed by atoms with Crippen molar-refractivity contribution in [2.24, 2.45) is 0 Å². The van der Waals surface area contributed by atoms with Crippen LogP contribution < -0.4 is 10.6 Å². The molecule has 2 N–H and O–H groups in total. The summed E-state index contributed by atoms with van der Waals surface area (Å²) in [4.78, 5) is 25.8. The summed E-state index contributed by atoms with van der Waals surface area (Å²) in [5.41, 5.74) is 0.313. The van der Waals surface area contributed by atoms with E-state index in [2.05, 4.69) is 15.5 Å². The average Bonchev–Trinajstić information content (AvgIpc) is 2.55. The lowest BCUT2D eigenvalue weighted by Gasteiger charge is -2.26. The first-order chi connectivity index (χ1) is 11.1. The molecule has 6 nitrogen and oxygen atoms in total. The van der Waals surface area contributed by atoms with Crippen molar-refractivity contribution in [3.63, 3.8) is 0 Å². The van der Waals surface area contributed by atoms with Gasteiger partial charge >= 0.3 is 11.8 Å². The lowest BCUT2D eigenvalue weighted by molar-refractivity contribution is -0.136. The number of anilines is 1. The third kappa shape index (κ3) is 5.99. The van der Waals surface area contributed by atoms with Crippen molar-refractivity contribution in [2.75, 3.05) is 44.7 Å². The van der Waals surface area contributed by atoms with E-state index in [0.717, 1.165) is 39.3 Å². The number of nitrogens with zero attached hydrogens (tertiary/aromatic N) is 1. The molecule has 0 spiro atoms. The van der Waals surface area contributed by atoms with Gasteiger partial charge in [0.1, 0.15) is 0 Å². The van der Waals surface area contributed by atoms with E-state index in [1.54, 1.807) is 12.1 Å². The number of benzene rings is 1. The predicted octanol–water partition coefficient (Wildman–Crippen LogP) is 1.77. The van der Waals surface area contributed by atoms with Crippen LogP contribution in [0.15, 0.2) is 18.2 Å². The minimum atomic E-state index is -0.763. The van der Waals surface area contributed by atoms with Crippen LogP contribution in [0.1, 0.15) is 6.42 Å². The number of amides is 2. The highest BCUT2D eigenvalue weighted by molar-refractivity contribution is 6.42. The fourth-order valence-electron chi connectivity index (χ4n) is 2.18. The van der Waals surface area contributed by atoms with Gasteiger partial charge in [-0.1, -0.05) is 23.2 Å². The van der Waals surface area contributed by atoms with Crippen molar-refractivity contribution in [1.82, 2.24) is 10.2 Å². The quantitative estimate of drug-likeness (QED) is 0.620. The third-order valence-corrected chi connectivity index (χ3v) is 3.99. The van der Waals surface area contributed by atoms with Gasteiger partial charge in [0.2, 0.25) is 0 Å². The summed E-state index contributed by atoms with van der Waals surface area (Å²) < 4.78 is 5.27. The molecule has 1 fully saturated rings. The van der Waals surface area contributed by atoms with Crippen LogP contribution in [-0.2, 0) is 14.3 Å². The van der Waals surface area contributed by atoms with Crippen LogP contribution in [0.4, 0.5) is 5.69 Å². The normalized spacial score (nSPS) is 15.2. The van der Waals surface area contributed by atoms with Crippen LogP contribution >= 0.6 is 23.2 Å². The molecular formula is C15H19Cl2N3O3. The van der Waals surface area contributed by atoms with Crippen molar-refractivity contribution in [3.8, 4) is 0 Å². The molecule has 0 bridgehead atoms. The molecule has 2 rings (SSSR count). The van der Waals surface area contributed by atoms with Crippen molar-refractivity contribution < 1.29 is 14.3 Å². The lowest BCUT2D eigenvalue weighted by Crippen LogP contribution is -2.39. The van der Waals surface area contributed by atoms with Crippen LogP contribution in [0, 0.1) is 0 Å². The minimum Gasteiger partial charge on any atom is -0.379 e. The third-order valence-electron chi connectivity index (χ3n) is 3.42. The second kappa shape index (κ2) is 9.08. The Balaban J connectivity index is 1.70. The molecular weight excluding hydrogens is 341 g/mol. The number of hydrogen-bond acceptors (Lipinski definition) is 4. The van der Waals surface area contributed by atoms with E-state index >= 15 is 0 Å². The molecule has 0 aliphatic carbocycles. The summed E-state index contributed by atoms with van der Waals surface area (Å²) in [7, 11) is 0. The molecule has 23 heavy (non-hydrogen) atoms. The molecule has 0 saturated carbocycles. The number of hydrogen-bond donors (Lipinski definition) is 2. The standard InChI is InChI=1S/C15H19Cl2N3O3/c16-11-2-3-12(17)13(10-11)19-15(22)14(21)18-4-1-5-20-6-8-23-9-7-20/h2-3,10H,1,4-9H2,(H,18,21)(H,19,22). The van der Waals surface area contributed by atoms with Crippen molar-refractivity contribution in [2.45, 2.75) is 6.42 Å². The number of carbonyl (C=O) groups is 2. The van der Waals surface area contributed by atoms with Crippen LogP contribution in [0.5, 0.6) is 0 Å². The topological polar surface area (TPSA) is 70.7 Å². The average molecular weight is 360 g/mol. The number of nitrogens with one attached hydrogen (secondary N) is 2. The van der Waals surface area contributed by atoms with Gasteiger partial charge < -0.3 is 15.4 Å². The Morgan fingerprint density at radius 2 is 1.91 bits per heavy atom. The SMILES string of the molecule is O=C(NCCCN1CCOCC1)C(=O)Nc1cc(Cl)ccc1Cl. The molecule has 8 heteroatoms. The summed E-state index contributed by atoms with van der Waals surface area (Å²) in [6, 6.07) is 4.65. The van der Waals surface area contributed by atoms with Gasteiger partial charge in [0.25, 0.3) is 0 Å². The zero-order chi connectivity index (χ0) is 16.7. The predicted molar refractivity (Wildman–Crippen MR) is 90.0 cm³/mol. The Labute approximate surface area is 145 Å². The highest BCUT2D eigenvalue weighted by Gasteiger charge is 2.15. The molecule has 1 saturated heterocycles. The maximum absolute atomic E-state index is 11.8. The molecule has 1 aromatic carbocycles. The van der Waals surface area contributed by atoms with Crippen LogP contribution in [0.3, 0.4) is 0 Å². The molecule has 1 aromatic rings. The Hall–Kier alpha value is -1.34. The molecule has 1 aliphatic rings. The maximum atomic E-state index is 11.8. The number of halogens is 2. The van der Waals surface area contributed by atoms with Gasteiger partial charge in [-0.25, -0.2) is 0 Å². The van der Waals surface area contributed by atoms with Crippen molar-refractivity contribution in [3.05, 3.63) is 28.2 Å².